The molecule has 1 saturated heterocycles. The molecule has 0 unspecified atom stereocenters. The largest absolute Gasteiger partial charge is 0.494 e. The maximum absolute atomic E-state index is 14.1. The zero-order chi connectivity index (χ0) is 55.1. The number of benzene rings is 3. The maximum Gasteiger partial charge on any atom is 0.246 e. The molecule has 3 aromatic heterocycles. The number of rotatable bonds is 21. The Hall–Kier alpha value is -6.35. The molecule has 5 heterocycles. The van der Waals surface area contributed by atoms with E-state index in [1.165, 1.54) is 9.78 Å². The minimum absolute atomic E-state index is 0.0285. The van der Waals surface area contributed by atoms with Crippen LogP contribution in [-0.2, 0) is 28.7 Å². The first-order chi connectivity index (χ1) is 36.8. The van der Waals surface area contributed by atoms with Crippen molar-refractivity contribution in [3.05, 3.63) is 133 Å². The van der Waals surface area contributed by atoms with Gasteiger partial charge in [-0.2, -0.15) is 0 Å². The van der Waals surface area contributed by atoms with Gasteiger partial charge in [0.1, 0.15) is 41.3 Å². The van der Waals surface area contributed by atoms with Gasteiger partial charge in [-0.1, -0.05) is 80.9 Å². The van der Waals surface area contributed by atoms with Crippen LogP contribution in [0.5, 0.6) is 5.75 Å². The molecule has 1 fully saturated rings. The van der Waals surface area contributed by atoms with Gasteiger partial charge >= 0.3 is 0 Å². The molecule has 8 rings (SSSR count). The number of halogens is 1. The summed E-state index contributed by atoms with van der Waals surface area (Å²) in [4.78, 5) is 67.8. The van der Waals surface area contributed by atoms with Gasteiger partial charge in [0.15, 0.2) is 5.82 Å². The third-order valence-electron chi connectivity index (χ3n) is 13.9. The topological polar surface area (TPSA) is 211 Å². The first-order valence-electron chi connectivity index (χ1n) is 25.9. The number of nitrogens with zero attached hydrogens (tertiary/aromatic N) is 6. The molecule has 0 spiro atoms. The van der Waals surface area contributed by atoms with Gasteiger partial charge in [0.05, 0.1) is 66.2 Å². The Morgan fingerprint density at radius 2 is 1.48 bits per heavy atom. The highest BCUT2D eigenvalue weighted by Gasteiger charge is 2.45. The van der Waals surface area contributed by atoms with Crippen molar-refractivity contribution >= 4 is 63.6 Å². The number of β-amino-alcohol motifs (C(OH)–C–C–N with tert-alkyl or cyclic N) is 1. The van der Waals surface area contributed by atoms with Crippen LogP contribution in [0.3, 0.4) is 0 Å². The Bertz CT molecular complexity index is 3080. The number of aliphatic hydroxyl groups excluding tert-OH is 1. The molecule has 0 radical (unpaired) electrons. The fourth-order valence-corrected chi connectivity index (χ4v) is 11.7. The number of likely N-dealkylation sites (tertiary alicyclic amines) is 1. The number of carbonyl (C=O) groups excluding carboxylic acids is 4. The van der Waals surface area contributed by atoms with Crippen LogP contribution in [0.25, 0.3) is 15.4 Å². The molecule has 2 aliphatic heterocycles. The fraction of sp³-hybridized carbons (Fsp3) is 0.439. The Labute approximate surface area is 462 Å². The highest BCUT2D eigenvalue weighted by atomic mass is 35.5. The van der Waals surface area contributed by atoms with Crippen LogP contribution >= 0.6 is 34.3 Å². The van der Waals surface area contributed by atoms with Crippen LogP contribution in [0.2, 0.25) is 5.02 Å². The van der Waals surface area contributed by atoms with Crippen molar-refractivity contribution in [1.82, 2.24) is 40.6 Å². The lowest BCUT2D eigenvalue weighted by molar-refractivity contribution is -0.144. The van der Waals surface area contributed by atoms with Crippen LogP contribution in [0.1, 0.15) is 122 Å². The summed E-state index contributed by atoms with van der Waals surface area (Å²) in [6, 6.07) is 20.0. The number of carbonyl (C=O) groups is 4. The van der Waals surface area contributed by atoms with Crippen molar-refractivity contribution < 1.29 is 38.5 Å². The molecule has 20 heteroatoms. The van der Waals surface area contributed by atoms with Gasteiger partial charge in [-0.25, -0.2) is 4.98 Å². The zero-order valence-electron chi connectivity index (χ0n) is 45.0. The maximum atomic E-state index is 14.1. The van der Waals surface area contributed by atoms with E-state index in [1.807, 2.05) is 131 Å². The van der Waals surface area contributed by atoms with Crippen LogP contribution in [0.4, 0.5) is 0 Å². The summed E-state index contributed by atoms with van der Waals surface area (Å²) in [7, 11) is 0. The minimum atomic E-state index is -0.982. The van der Waals surface area contributed by atoms with E-state index in [2.05, 4.69) is 45.0 Å². The number of aromatic nitrogens is 4. The van der Waals surface area contributed by atoms with Crippen molar-refractivity contribution in [3.63, 3.8) is 0 Å². The second-order valence-corrected chi connectivity index (χ2v) is 23.2. The SMILES string of the molecule is Cc1ncsc1-c1ccc([C@H](C)NC(=O)[C@@H]2C[C@@H](O)CN2C(=O)[C@@H](NC(=O)COCCOCCCOc2ccc([C@H](C)NC(=O)C[C@H]3N=C(c4ccc(Cl)cc4)c4c(sc(C)c4C)-n4c(C)nnc43)cc2)C(C)(C)C)cc1. The molecule has 6 atom stereocenters. The Morgan fingerprint density at radius 1 is 0.818 bits per heavy atom. The highest BCUT2D eigenvalue weighted by molar-refractivity contribution is 7.15. The van der Waals surface area contributed by atoms with E-state index in [0.29, 0.717) is 36.2 Å². The van der Waals surface area contributed by atoms with E-state index < -0.39 is 41.5 Å². The zero-order valence-corrected chi connectivity index (χ0v) is 47.4. The van der Waals surface area contributed by atoms with E-state index in [9.17, 15) is 24.3 Å². The van der Waals surface area contributed by atoms with Crippen LogP contribution in [0, 0.1) is 33.1 Å². The third-order valence-corrected chi connectivity index (χ3v) is 16.3. The van der Waals surface area contributed by atoms with E-state index in [4.69, 9.17) is 30.8 Å². The quantitative estimate of drug-likeness (QED) is 0.0501. The summed E-state index contributed by atoms with van der Waals surface area (Å²) in [6.45, 7) is 18.3. The molecule has 2 aliphatic rings. The Balaban J connectivity index is 0.739. The van der Waals surface area contributed by atoms with E-state index in [1.54, 1.807) is 22.7 Å². The lowest BCUT2D eigenvalue weighted by atomic mass is 9.85. The van der Waals surface area contributed by atoms with Crippen LogP contribution in [-0.4, -0.2) is 117 Å². The lowest BCUT2D eigenvalue weighted by Crippen LogP contribution is -2.58. The third kappa shape index (κ3) is 13.7. The average molecular weight is 1110 g/mol. The van der Waals surface area contributed by atoms with Gasteiger partial charge in [0, 0.05) is 47.0 Å². The summed E-state index contributed by atoms with van der Waals surface area (Å²) >= 11 is 9.50. The van der Waals surface area contributed by atoms with Crippen molar-refractivity contribution in [2.24, 2.45) is 10.4 Å². The number of aryl methyl sites for hydroxylation is 3. The highest BCUT2D eigenvalue weighted by Crippen LogP contribution is 2.40. The minimum Gasteiger partial charge on any atom is -0.494 e. The number of hydrogen-bond donors (Lipinski definition) is 4. The normalized spacial score (nSPS) is 17.4. The molecule has 0 bridgehead atoms. The summed E-state index contributed by atoms with van der Waals surface area (Å²) in [6.07, 6.45) is -0.126. The molecule has 17 nitrogen and oxygen atoms in total. The van der Waals surface area contributed by atoms with Crippen LogP contribution in [0.15, 0.2) is 83.3 Å². The Morgan fingerprint density at radius 3 is 2.16 bits per heavy atom. The average Bonchev–Trinajstić information content (AvgIpc) is 4.21. The van der Waals surface area contributed by atoms with Gasteiger partial charge in [-0.3, -0.25) is 28.7 Å². The van der Waals surface area contributed by atoms with Gasteiger partial charge in [-0.05, 0) is 93.5 Å². The van der Waals surface area contributed by atoms with Gasteiger partial charge < -0.3 is 40.2 Å². The summed E-state index contributed by atoms with van der Waals surface area (Å²) in [5.41, 5.74) is 8.72. The monoisotopic (exact) mass is 1110 g/mol. The molecular weight excluding hydrogens is 1040 g/mol. The van der Waals surface area contributed by atoms with Gasteiger partial charge in [-0.15, -0.1) is 32.9 Å². The molecule has 3 aromatic carbocycles. The van der Waals surface area contributed by atoms with E-state index >= 15 is 0 Å². The second-order valence-electron chi connectivity index (χ2n) is 20.7. The standard InChI is InChI=1S/C57H68ClN9O8S2/c1-32-36(5)77-56-49(32)50(40-15-19-42(58)20-16-40)62-45(53-65-64-37(6)67(53)56)28-47(69)60-33(2)39-17-21-44(22-18-39)75-24-10-23-73-25-26-74-30-48(70)63-52(57(7,8)9)55(72)66-29-43(68)27-46(66)54(71)61-34(3)38-11-13-41(14-12-38)51-35(4)59-31-76-51/h11-22,31,33-34,43,45-46,52,68H,10,23-30H2,1-9H3,(H,60,69)(H,61,71)(H,63,70)/t33-,34-,43+,45+,46-,52+/m0/s1. The molecule has 0 aliphatic carbocycles. The molecule has 6 aromatic rings. The summed E-state index contributed by atoms with van der Waals surface area (Å²) < 4.78 is 19.3. The predicted molar refractivity (Wildman–Crippen MR) is 299 cm³/mol. The van der Waals surface area contributed by atoms with Crippen molar-refractivity contribution in [3.8, 4) is 21.2 Å². The molecule has 4 N–H and O–H groups in total. The number of ether oxygens (including phenoxy) is 3. The molecule has 77 heavy (non-hydrogen) atoms. The number of thiazole rings is 1. The fourth-order valence-electron chi connectivity index (χ4n) is 9.50. The Kier molecular flexibility index (Phi) is 18.4. The number of thiophene rings is 1. The van der Waals surface area contributed by atoms with Crippen molar-refractivity contribution in [2.75, 3.05) is 39.6 Å². The number of hydrogen-bond acceptors (Lipinski definition) is 14. The molecule has 408 valence electrons. The molecule has 4 amide bonds. The first-order valence-corrected chi connectivity index (χ1v) is 28.0. The van der Waals surface area contributed by atoms with Crippen LogP contribution < -0.4 is 20.7 Å². The van der Waals surface area contributed by atoms with E-state index in [0.717, 1.165) is 60.5 Å². The van der Waals surface area contributed by atoms with Gasteiger partial charge in [0.25, 0.3) is 0 Å². The summed E-state index contributed by atoms with van der Waals surface area (Å²) in [5.74, 6) is 0.530. The number of aliphatic hydroxyl groups is 1. The lowest BCUT2D eigenvalue weighted by Gasteiger charge is -2.35. The van der Waals surface area contributed by atoms with Gasteiger partial charge in [0.2, 0.25) is 23.6 Å². The number of aliphatic imine (C=N–C) groups is 1. The number of nitrogens with one attached hydrogen (secondary N) is 3. The smallest absolute Gasteiger partial charge is 0.246 e. The number of fused-ring (bicyclic) bond motifs is 3. The summed E-state index contributed by atoms with van der Waals surface area (Å²) in [5, 5.41) is 30.2. The molecular formula is C57H68ClN9O8S2. The molecule has 0 saturated carbocycles. The van der Waals surface area contributed by atoms with Crippen molar-refractivity contribution in [1.29, 1.82) is 0 Å². The number of amides is 4. The van der Waals surface area contributed by atoms with E-state index in [-0.39, 0.29) is 63.1 Å². The van der Waals surface area contributed by atoms with Crippen molar-refractivity contribution in [2.45, 2.75) is 118 Å². The first kappa shape index (κ1) is 56.8. The second kappa shape index (κ2) is 25.0. The predicted octanol–water partition coefficient (Wildman–Crippen LogP) is 8.67.